The molecule has 6 aromatic rings. The Bertz CT molecular complexity index is 1760. The number of fused-ring (bicyclic) bond motifs is 10. The predicted octanol–water partition coefficient (Wildman–Crippen LogP) is 7.61. The Labute approximate surface area is 231 Å². The molecule has 1 aliphatic rings. The molecule has 0 fully saturated rings. The average Bonchev–Trinajstić information content (AvgIpc) is 3.01. The zero-order valence-corrected chi connectivity index (χ0v) is 22.2. The molecule has 2 aromatic heterocycles. The number of nitrogens with zero attached hydrogens (tertiary/aromatic N) is 2. The number of pyridine rings is 2. The van der Waals surface area contributed by atoms with E-state index < -0.39 is 0 Å². The van der Waals surface area contributed by atoms with Crippen molar-refractivity contribution in [2.75, 3.05) is 14.2 Å². The number of methoxy groups -OCH3 is 2. The summed E-state index contributed by atoms with van der Waals surface area (Å²) in [5.41, 5.74) is 5.24. The molecule has 6 heteroatoms. The highest BCUT2D eigenvalue weighted by Crippen LogP contribution is 2.52. The van der Waals surface area contributed by atoms with Gasteiger partial charge in [-0.1, -0.05) is 60.7 Å². The normalized spacial score (nSPS) is 12.4. The molecule has 6 nitrogen and oxygen atoms in total. The van der Waals surface area contributed by atoms with Crippen LogP contribution in [0.15, 0.2) is 97.3 Å². The lowest BCUT2D eigenvalue weighted by Crippen LogP contribution is -2.08. The number of ether oxygens (including phenoxy) is 4. The molecule has 0 saturated heterocycles. The van der Waals surface area contributed by atoms with Crippen LogP contribution in [0.2, 0.25) is 0 Å². The van der Waals surface area contributed by atoms with Crippen molar-refractivity contribution in [1.29, 1.82) is 0 Å². The molecule has 0 amide bonds. The van der Waals surface area contributed by atoms with Gasteiger partial charge in [-0.05, 0) is 45.8 Å². The summed E-state index contributed by atoms with van der Waals surface area (Å²) in [6, 6.07) is 28.4. The van der Waals surface area contributed by atoms with Gasteiger partial charge in [0.2, 0.25) is 0 Å². The maximum Gasteiger partial charge on any atom is 0.170 e. The zero-order valence-electron chi connectivity index (χ0n) is 22.2. The second kappa shape index (κ2) is 9.89. The SMILES string of the molecule is COc1cc2ccccc2c2c1OCc1ncccc1-c1cccnc1COc1c(OC)cc3ccccc3c1-2. The number of hydrogen-bond donors (Lipinski definition) is 0. The van der Waals surface area contributed by atoms with Crippen molar-refractivity contribution in [2.45, 2.75) is 13.2 Å². The third-order valence-corrected chi connectivity index (χ3v) is 7.40. The number of benzene rings is 4. The van der Waals surface area contributed by atoms with E-state index >= 15 is 0 Å². The van der Waals surface area contributed by atoms with Gasteiger partial charge in [0, 0.05) is 34.6 Å². The van der Waals surface area contributed by atoms with Crippen molar-refractivity contribution in [2.24, 2.45) is 0 Å². The first-order chi connectivity index (χ1) is 19.8. The third-order valence-electron chi connectivity index (χ3n) is 7.40. The van der Waals surface area contributed by atoms with Gasteiger partial charge in [0.15, 0.2) is 23.0 Å². The molecule has 3 heterocycles. The molecule has 0 N–H and O–H groups in total. The zero-order chi connectivity index (χ0) is 27.1. The van der Waals surface area contributed by atoms with Crippen LogP contribution in [0.3, 0.4) is 0 Å². The molecule has 0 radical (unpaired) electrons. The summed E-state index contributed by atoms with van der Waals surface area (Å²) in [6.45, 7) is 0.481. The first-order valence-electron chi connectivity index (χ1n) is 13.1. The van der Waals surface area contributed by atoms with E-state index in [1.54, 1.807) is 26.6 Å². The van der Waals surface area contributed by atoms with Crippen LogP contribution in [0.4, 0.5) is 0 Å². The van der Waals surface area contributed by atoms with Crippen LogP contribution in [0, 0.1) is 0 Å². The maximum absolute atomic E-state index is 6.71. The molecule has 1 aliphatic heterocycles. The van der Waals surface area contributed by atoms with Gasteiger partial charge in [0.1, 0.15) is 13.2 Å². The minimum Gasteiger partial charge on any atom is -0.493 e. The predicted molar refractivity (Wildman–Crippen MR) is 156 cm³/mol. The Kier molecular flexibility index (Phi) is 5.93. The van der Waals surface area contributed by atoms with E-state index in [1.807, 2.05) is 60.7 Å². The van der Waals surface area contributed by atoms with Crippen LogP contribution in [0.25, 0.3) is 43.8 Å². The van der Waals surface area contributed by atoms with Gasteiger partial charge >= 0.3 is 0 Å². The molecular formula is C34H26N2O4. The van der Waals surface area contributed by atoms with E-state index in [9.17, 15) is 0 Å². The quantitative estimate of drug-likeness (QED) is 0.231. The van der Waals surface area contributed by atoms with Gasteiger partial charge < -0.3 is 18.9 Å². The summed E-state index contributed by atoms with van der Waals surface area (Å²) in [7, 11) is 3.33. The molecule has 0 unspecified atom stereocenters. The van der Waals surface area contributed by atoms with E-state index in [0.29, 0.717) is 23.0 Å². The first kappa shape index (κ1) is 24.0. The largest absolute Gasteiger partial charge is 0.493 e. The molecule has 0 aliphatic carbocycles. The average molecular weight is 527 g/mol. The highest BCUT2D eigenvalue weighted by Gasteiger charge is 2.27. The summed E-state index contributed by atoms with van der Waals surface area (Å²) in [5.74, 6) is 2.49. The van der Waals surface area contributed by atoms with Crippen molar-refractivity contribution >= 4 is 21.5 Å². The summed E-state index contributed by atoms with van der Waals surface area (Å²) in [6.07, 6.45) is 3.57. The molecule has 0 saturated carbocycles. The van der Waals surface area contributed by atoms with Crippen molar-refractivity contribution in [3.63, 3.8) is 0 Å². The van der Waals surface area contributed by atoms with Crippen LogP contribution >= 0.6 is 0 Å². The van der Waals surface area contributed by atoms with Crippen LogP contribution in [-0.2, 0) is 13.2 Å². The fraction of sp³-hybridized carbons (Fsp3) is 0.118. The van der Waals surface area contributed by atoms with Crippen molar-refractivity contribution in [3.8, 4) is 45.3 Å². The van der Waals surface area contributed by atoms with Crippen molar-refractivity contribution in [1.82, 2.24) is 9.97 Å². The number of aromatic nitrogens is 2. The van der Waals surface area contributed by atoms with Gasteiger partial charge in [-0.2, -0.15) is 0 Å². The highest BCUT2D eigenvalue weighted by molar-refractivity contribution is 6.11. The molecular weight excluding hydrogens is 500 g/mol. The molecule has 7 rings (SSSR count). The molecule has 4 aromatic carbocycles. The molecule has 196 valence electrons. The van der Waals surface area contributed by atoms with Crippen molar-refractivity contribution in [3.05, 3.63) is 109 Å². The Hall–Kier alpha value is -5.10. The highest BCUT2D eigenvalue weighted by atomic mass is 16.5. The maximum atomic E-state index is 6.71. The molecule has 0 atom stereocenters. The second-order valence-corrected chi connectivity index (χ2v) is 9.58. The Morgan fingerprint density at radius 3 is 1.48 bits per heavy atom. The van der Waals surface area contributed by atoms with E-state index in [-0.39, 0.29) is 13.2 Å². The Morgan fingerprint density at radius 2 is 1.02 bits per heavy atom. The molecule has 0 spiro atoms. The smallest absolute Gasteiger partial charge is 0.170 e. The van der Waals surface area contributed by atoms with Crippen LogP contribution < -0.4 is 18.9 Å². The van der Waals surface area contributed by atoms with Crippen molar-refractivity contribution < 1.29 is 18.9 Å². The van der Waals surface area contributed by atoms with E-state index in [4.69, 9.17) is 28.9 Å². The van der Waals surface area contributed by atoms with Gasteiger partial charge in [-0.15, -0.1) is 0 Å². The lowest BCUT2D eigenvalue weighted by atomic mass is 9.91. The lowest BCUT2D eigenvalue weighted by Gasteiger charge is -2.24. The Balaban J connectivity index is 1.62. The van der Waals surface area contributed by atoms with Crippen LogP contribution in [0.1, 0.15) is 11.4 Å². The third kappa shape index (κ3) is 3.88. The van der Waals surface area contributed by atoms with Gasteiger partial charge in [-0.3, -0.25) is 9.97 Å². The summed E-state index contributed by atoms with van der Waals surface area (Å²) < 4.78 is 25.3. The van der Waals surface area contributed by atoms with E-state index in [2.05, 4.69) is 24.3 Å². The topological polar surface area (TPSA) is 62.7 Å². The second-order valence-electron chi connectivity index (χ2n) is 9.58. The van der Waals surface area contributed by atoms with E-state index in [1.165, 1.54) is 0 Å². The number of hydrogen-bond acceptors (Lipinski definition) is 6. The van der Waals surface area contributed by atoms with Gasteiger partial charge in [0.25, 0.3) is 0 Å². The number of rotatable bonds is 2. The minimum atomic E-state index is 0.240. The monoisotopic (exact) mass is 526 g/mol. The van der Waals surface area contributed by atoms with Gasteiger partial charge in [0.05, 0.1) is 25.6 Å². The molecule has 0 bridgehead atoms. The lowest BCUT2D eigenvalue weighted by molar-refractivity contribution is 0.277. The van der Waals surface area contributed by atoms with Gasteiger partial charge in [-0.25, -0.2) is 0 Å². The van der Waals surface area contributed by atoms with E-state index in [0.717, 1.165) is 55.2 Å². The summed E-state index contributed by atoms with van der Waals surface area (Å²) in [4.78, 5) is 9.41. The fourth-order valence-electron chi connectivity index (χ4n) is 5.57. The Morgan fingerprint density at radius 1 is 0.575 bits per heavy atom. The first-order valence-corrected chi connectivity index (χ1v) is 13.1. The minimum absolute atomic E-state index is 0.240. The standard InChI is InChI=1S/C34H26N2O4/c1-37-29-17-21-9-3-5-11-23(21)31-32-24-12-6-4-10-22(24)18-30(38-2)34(32)40-20-28-26(14-8-16-36-28)25-13-7-15-35-27(25)19-39-33(29)31/h3-18H,19-20H2,1-2H3. The fourth-order valence-corrected chi connectivity index (χ4v) is 5.57. The van der Waals surface area contributed by atoms with Crippen LogP contribution in [-0.4, -0.2) is 24.2 Å². The molecule has 40 heavy (non-hydrogen) atoms. The van der Waals surface area contributed by atoms with Crippen LogP contribution in [0.5, 0.6) is 23.0 Å². The summed E-state index contributed by atoms with van der Waals surface area (Å²) in [5, 5.41) is 4.08. The summed E-state index contributed by atoms with van der Waals surface area (Å²) >= 11 is 0.